The van der Waals surface area contributed by atoms with Gasteiger partial charge < -0.3 is 15.8 Å². The summed E-state index contributed by atoms with van der Waals surface area (Å²) in [6.45, 7) is 0.366. The highest BCUT2D eigenvalue weighted by molar-refractivity contribution is 5.95. The summed E-state index contributed by atoms with van der Waals surface area (Å²) < 4.78 is 5.59. The first-order valence-electron chi connectivity index (χ1n) is 8.62. The molecule has 0 aliphatic carbocycles. The minimum absolute atomic E-state index is 0.00177. The van der Waals surface area contributed by atoms with Crippen molar-refractivity contribution in [1.82, 2.24) is 5.32 Å². The van der Waals surface area contributed by atoms with Gasteiger partial charge in [0.1, 0.15) is 5.75 Å². The molecule has 0 unspecified atom stereocenters. The number of benzene rings is 3. The highest BCUT2D eigenvalue weighted by atomic mass is 16.6. The molecule has 2 amide bonds. The van der Waals surface area contributed by atoms with Gasteiger partial charge in [-0.1, -0.05) is 36.4 Å². The van der Waals surface area contributed by atoms with Crippen molar-refractivity contribution in [3.63, 3.8) is 0 Å². The third kappa shape index (κ3) is 4.95. The van der Waals surface area contributed by atoms with Gasteiger partial charge in [-0.3, -0.25) is 19.7 Å². The summed E-state index contributed by atoms with van der Waals surface area (Å²) in [5.41, 5.74) is 6.06. The van der Waals surface area contributed by atoms with Crippen LogP contribution in [0.15, 0.2) is 72.8 Å². The molecule has 0 spiro atoms. The largest absolute Gasteiger partial charge is 0.450 e. The number of nitrogens with two attached hydrogens (primary N) is 1. The van der Waals surface area contributed by atoms with Gasteiger partial charge in [0.2, 0.25) is 11.7 Å². The van der Waals surface area contributed by atoms with Crippen LogP contribution >= 0.6 is 0 Å². The fourth-order valence-electron chi connectivity index (χ4n) is 2.61. The predicted molar refractivity (Wildman–Crippen MR) is 106 cm³/mol. The fourth-order valence-corrected chi connectivity index (χ4v) is 2.61. The van der Waals surface area contributed by atoms with Crippen molar-refractivity contribution in [2.45, 2.75) is 6.54 Å². The number of amides is 2. The maximum Gasteiger partial charge on any atom is 0.312 e. The first-order valence-corrected chi connectivity index (χ1v) is 8.62. The van der Waals surface area contributed by atoms with Gasteiger partial charge in [-0.15, -0.1) is 0 Å². The van der Waals surface area contributed by atoms with Gasteiger partial charge in [-0.2, -0.15) is 0 Å². The van der Waals surface area contributed by atoms with Gasteiger partial charge >= 0.3 is 5.69 Å². The Morgan fingerprint density at radius 1 is 0.966 bits per heavy atom. The Bertz CT molecular complexity index is 1070. The lowest BCUT2D eigenvalue weighted by Gasteiger charge is -2.09. The molecule has 3 N–H and O–H groups in total. The van der Waals surface area contributed by atoms with E-state index < -0.39 is 16.5 Å². The summed E-state index contributed by atoms with van der Waals surface area (Å²) >= 11 is 0. The number of hydrogen-bond donors (Lipinski definition) is 2. The van der Waals surface area contributed by atoms with Crippen LogP contribution in [0, 0.1) is 10.1 Å². The fraction of sp³-hybridized carbons (Fsp3) is 0.0476. The zero-order chi connectivity index (χ0) is 20.8. The molecular formula is C21H17N3O5. The second-order valence-electron chi connectivity index (χ2n) is 6.10. The van der Waals surface area contributed by atoms with Crippen molar-refractivity contribution in [3.05, 3.63) is 99.6 Å². The maximum atomic E-state index is 12.4. The number of carbonyl (C=O) groups is 2. The first-order chi connectivity index (χ1) is 13.9. The second-order valence-corrected chi connectivity index (χ2v) is 6.10. The molecule has 0 aliphatic heterocycles. The third-order valence-corrected chi connectivity index (χ3v) is 4.06. The summed E-state index contributed by atoms with van der Waals surface area (Å²) in [5.74, 6) is -0.913. The Morgan fingerprint density at radius 3 is 2.41 bits per heavy atom. The number of nitrogens with zero attached hydrogens (tertiary/aromatic N) is 1. The molecule has 8 nitrogen and oxygen atoms in total. The van der Waals surface area contributed by atoms with Crippen LogP contribution in [-0.4, -0.2) is 16.7 Å². The van der Waals surface area contributed by atoms with Gasteiger partial charge in [-0.05, 0) is 35.9 Å². The Balaban J connectivity index is 1.77. The van der Waals surface area contributed by atoms with E-state index in [1.165, 1.54) is 18.2 Å². The van der Waals surface area contributed by atoms with Gasteiger partial charge in [0.25, 0.3) is 5.91 Å². The van der Waals surface area contributed by atoms with Crippen molar-refractivity contribution in [2.75, 3.05) is 0 Å². The minimum atomic E-state index is -0.781. The van der Waals surface area contributed by atoms with E-state index >= 15 is 0 Å². The molecule has 0 atom stereocenters. The van der Waals surface area contributed by atoms with Crippen molar-refractivity contribution >= 4 is 17.5 Å². The van der Waals surface area contributed by atoms with Crippen LogP contribution in [0.5, 0.6) is 11.5 Å². The molecule has 0 saturated carbocycles. The average molecular weight is 391 g/mol. The molecule has 3 aromatic rings. The average Bonchev–Trinajstić information content (AvgIpc) is 2.73. The Labute approximate surface area is 166 Å². The van der Waals surface area contributed by atoms with E-state index in [4.69, 9.17) is 10.5 Å². The summed E-state index contributed by atoms with van der Waals surface area (Å²) in [5, 5.41) is 14.1. The molecule has 0 aromatic heterocycles. The van der Waals surface area contributed by atoms with Crippen LogP contribution in [0.1, 0.15) is 26.3 Å². The van der Waals surface area contributed by atoms with Gasteiger partial charge in [0.15, 0.2) is 0 Å². The highest BCUT2D eigenvalue weighted by Crippen LogP contribution is 2.32. The number of nitro benzene ring substituents is 1. The van der Waals surface area contributed by atoms with E-state index in [0.717, 1.165) is 11.6 Å². The summed E-state index contributed by atoms with van der Waals surface area (Å²) in [4.78, 5) is 34.3. The summed E-state index contributed by atoms with van der Waals surface area (Å²) in [6.07, 6.45) is 0. The molecule has 3 aromatic carbocycles. The van der Waals surface area contributed by atoms with Crippen LogP contribution in [0.25, 0.3) is 0 Å². The van der Waals surface area contributed by atoms with E-state index in [9.17, 15) is 19.7 Å². The SMILES string of the molecule is NC(=O)c1ccc(Oc2cccc(C(=O)NCc3ccccc3)c2)c([N+](=O)[O-])c1. The Morgan fingerprint density at radius 2 is 1.72 bits per heavy atom. The molecule has 0 radical (unpaired) electrons. The molecule has 146 valence electrons. The molecule has 0 fully saturated rings. The Kier molecular flexibility index (Phi) is 5.84. The summed E-state index contributed by atoms with van der Waals surface area (Å²) in [7, 11) is 0. The standard InChI is InChI=1S/C21H17N3O5/c22-20(25)15-9-10-19(18(12-15)24(27)28)29-17-8-4-7-16(11-17)21(26)23-13-14-5-2-1-3-6-14/h1-12H,13H2,(H2,22,25)(H,23,26). The number of ether oxygens (including phenoxy) is 1. The maximum absolute atomic E-state index is 12.4. The Hall–Kier alpha value is -4.20. The topological polar surface area (TPSA) is 125 Å². The van der Waals surface area contributed by atoms with Crippen LogP contribution in [-0.2, 0) is 6.54 Å². The second kappa shape index (κ2) is 8.66. The number of primary amides is 1. The van der Waals surface area contributed by atoms with E-state index in [-0.39, 0.29) is 23.0 Å². The smallest absolute Gasteiger partial charge is 0.312 e. The van der Waals surface area contributed by atoms with E-state index in [2.05, 4.69) is 5.32 Å². The van der Waals surface area contributed by atoms with Crippen molar-refractivity contribution < 1.29 is 19.2 Å². The van der Waals surface area contributed by atoms with Crippen molar-refractivity contribution in [3.8, 4) is 11.5 Å². The van der Waals surface area contributed by atoms with Crippen molar-refractivity contribution in [1.29, 1.82) is 0 Å². The molecule has 29 heavy (non-hydrogen) atoms. The number of rotatable bonds is 7. The van der Waals surface area contributed by atoms with E-state index in [1.807, 2.05) is 30.3 Å². The quantitative estimate of drug-likeness (QED) is 0.472. The lowest BCUT2D eigenvalue weighted by molar-refractivity contribution is -0.385. The van der Waals surface area contributed by atoms with Crippen LogP contribution < -0.4 is 15.8 Å². The first kappa shape index (κ1) is 19.6. The van der Waals surface area contributed by atoms with Gasteiger partial charge in [-0.25, -0.2) is 0 Å². The third-order valence-electron chi connectivity index (χ3n) is 4.06. The predicted octanol–water partition coefficient (Wildman–Crippen LogP) is 3.42. The zero-order valence-corrected chi connectivity index (χ0v) is 15.2. The van der Waals surface area contributed by atoms with Crippen molar-refractivity contribution in [2.24, 2.45) is 5.73 Å². The molecular weight excluding hydrogens is 374 g/mol. The lowest BCUT2D eigenvalue weighted by atomic mass is 10.1. The zero-order valence-electron chi connectivity index (χ0n) is 15.2. The van der Waals surface area contributed by atoms with Crippen LogP contribution in [0.2, 0.25) is 0 Å². The molecule has 0 saturated heterocycles. The molecule has 0 bridgehead atoms. The highest BCUT2D eigenvalue weighted by Gasteiger charge is 2.19. The number of hydrogen-bond acceptors (Lipinski definition) is 5. The monoisotopic (exact) mass is 391 g/mol. The lowest BCUT2D eigenvalue weighted by Crippen LogP contribution is -2.22. The van der Waals surface area contributed by atoms with Gasteiger partial charge in [0, 0.05) is 23.7 Å². The molecule has 3 rings (SSSR count). The van der Waals surface area contributed by atoms with Gasteiger partial charge in [0.05, 0.1) is 4.92 Å². The minimum Gasteiger partial charge on any atom is -0.450 e. The number of nitro groups is 1. The van der Waals surface area contributed by atoms with E-state index in [1.54, 1.807) is 18.2 Å². The van der Waals surface area contributed by atoms with Crippen LogP contribution in [0.4, 0.5) is 5.69 Å². The summed E-state index contributed by atoms with van der Waals surface area (Å²) in [6, 6.07) is 19.4. The number of nitrogens with one attached hydrogen (secondary N) is 1. The molecule has 0 heterocycles. The van der Waals surface area contributed by atoms with E-state index in [0.29, 0.717) is 12.1 Å². The number of carbonyl (C=O) groups excluding carboxylic acids is 2. The molecule has 0 aliphatic rings. The normalized spacial score (nSPS) is 10.2. The molecule has 8 heteroatoms. The van der Waals surface area contributed by atoms with Crippen LogP contribution in [0.3, 0.4) is 0 Å².